The highest BCUT2D eigenvalue weighted by molar-refractivity contribution is 7.91. The fraction of sp³-hybridized carbons (Fsp3) is 1.00. The first-order valence-corrected chi connectivity index (χ1v) is 8.84. The standard InChI is InChI=1S/C13H26O4S/c1-4-12(17-5-2)13(14)10-7-6-8-11(9-10)18(3,15)16/h10-14H,4-9H2,1-3H3. The Bertz CT molecular complexity index is 339. The number of aliphatic hydroxyl groups is 1. The number of hydrogen-bond donors (Lipinski definition) is 1. The molecule has 1 N–H and O–H groups in total. The topological polar surface area (TPSA) is 63.6 Å². The van der Waals surface area contributed by atoms with E-state index < -0.39 is 15.9 Å². The molecule has 0 aromatic heterocycles. The van der Waals surface area contributed by atoms with Crippen LogP contribution in [0.5, 0.6) is 0 Å². The van der Waals surface area contributed by atoms with Gasteiger partial charge >= 0.3 is 0 Å². The van der Waals surface area contributed by atoms with Crippen molar-refractivity contribution in [3.05, 3.63) is 0 Å². The second-order valence-electron chi connectivity index (χ2n) is 5.27. The zero-order valence-corrected chi connectivity index (χ0v) is 12.4. The highest BCUT2D eigenvalue weighted by Crippen LogP contribution is 2.32. The van der Waals surface area contributed by atoms with E-state index in [1.807, 2.05) is 13.8 Å². The summed E-state index contributed by atoms with van der Waals surface area (Å²) in [7, 11) is -2.99. The molecule has 0 saturated heterocycles. The molecule has 4 unspecified atom stereocenters. The zero-order chi connectivity index (χ0) is 13.8. The molecule has 0 amide bonds. The number of hydrogen-bond acceptors (Lipinski definition) is 4. The Morgan fingerprint density at radius 1 is 1.33 bits per heavy atom. The van der Waals surface area contributed by atoms with Crippen LogP contribution in [0.4, 0.5) is 0 Å². The first kappa shape index (κ1) is 15.9. The molecule has 1 rings (SSSR count). The lowest BCUT2D eigenvalue weighted by Crippen LogP contribution is -2.40. The Labute approximate surface area is 111 Å². The van der Waals surface area contributed by atoms with Crippen LogP contribution in [0.2, 0.25) is 0 Å². The predicted molar refractivity (Wildman–Crippen MR) is 72.3 cm³/mol. The third-order valence-electron chi connectivity index (χ3n) is 3.92. The lowest BCUT2D eigenvalue weighted by molar-refractivity contribution is -0.0657. The van der Waals surface area contributed by atoms with Crippen molar-refractivity contribution in [1.29, 1.82) is 0 Å². The summed E-state index contributed by atoms with van der Waals surface area (Å²) < 4.78 is 28.7. The van der Waals surface area contributed by atoms with Crippen molar-refractivity contribution >= 4 is 9.84 Å². The second-order valence-corrected chi connectivity index (χ2v) is 7.60. The first-order valence-electron chi connectivity index (χ1n) is 6.88. The minimum atomic E-state index is -2.99. The highest BCUT2D eigenvalue weighted by Gasteiger charge is 2.35. The van der Waals surface area contributed by atoms with Crippen LogP contribution in [0.25, 0.3) is 0 Å². The van der Waals surface area contributed by atoms with Crippen molar-refractivity contribution in [2.75, 3.05) is 12.9 Å². The van der Waals surface area contributed by atoms with Gasteiger partial charge < -0.3 is 9.84 Å². The van der Waals surface area contributed by atoms with Crippen molar-refractivity contribution < 1.29 is 18.3 Å². The zero-order valence-electron chi connectivity index (χ0n) is 11.6. The van der Waals surface area contributed by atoms with Gasteiger partial charge in [-0.15, -0.1) is 0 Å². The summed E-state index contributed by atoms with van der Waals surface area (Å²) in [4.78, 5) is 0. The van der Waals surface area contributed by atoms with Gasteiger partial charge in [0.2, 0.25) is 0 Å². The summed E-state index contributed by atoms with van der Waals surface area (Å²) >= 11 is 0. The van der Waals surface area contributed by atoms with Gasteiger partial charge in [0.25, 0.3) is 0 Å². The molecule has 0 aromatic rings. The molecular weight excluding hydrogens is 252 g/mol. The lowest BCUT2D eigenvalue weighted by Gasteiger charge is -2.34. The molecule has 1 aliphatic carbocycles. The fourth-order valence-corrected chi connectivity index (χ4v) is 4.05. The molecular formula is C13H26O4S. The maximum absolute atomic E-state index is 11.6. The normalized spacial score (nSPS) is 28.9. The Hall–Kier alpha value is -0.130. The molecule has 1 aliphatic rings. The van der Waals surface area contributed by atoms with E-state index in [1.54, 1.807) is 0 Å². The second kappa shape index (κ2) is 6.87. The molecule has 1 saturated carbocycles. The van der Waals surface area contributed by atoms with E-state index >= 15 is 0 Å². The number of aliphatic hydroxyl groups excluding tert-OH is 1. The highest BCUT2D eigenvalue weighted by atomic mass is 32.2. The average Bonchev–Trinajstić information content (AvgIpc) is 2.34. The average molecular weight is 278 g/mol. The molecule has 18 heavy (non-hydrogen) atoms. The van der Waals surface area contributed by atoms with Crippen molar-refractivity contribution in [1.82, 2.24) is 0 Å². The SMILES string of the molecule is CCOC(CC)C(O)C1CCCC(S(C)(=O)=O)C1. The lowest BCUT2D eigenvalue weighted by atomic mass is 9.82. The smallest absolute Gasteiger partial charge is 0.150 e. The summed E-state index contributed by atoms with van der Waals surface area (Å²) in [6, 6.07) is 0. The minimum absolute atomic E-state index is 0.0509. The quantitative estimate of drug-likeness (QED) is 0.804. The number of sulfone groups is 1. The Morgan fingerprint density at radius 2 is 2.00 bits per heavy atom. The third-order valence-corrected chi connectivity index (χ3v) is 5.56. The largest absolute Gasteiger partial charge is 0.390 e. The molecule has 0 spiro atoms. The predicted octanol–water partition coefficient (Wildman–Crippen LogP) is 1.77. The molecule has 0 radical (unpaired) electrons. The van der Waals surface area contributed by atoms with Crippen LogP contribution in [0.15, 0.2) is 0 Å². The van der Waals surface area contributed by atoms with Gasteiger partial charge in [0.15, 0.2) is 0 Å². The van der Waals surface area contributed by atoms with Crippen molar-refractivity contribution in [2.24, 2.45) is 5.92 Å². The number of rotatable bonds is 6. The van der Waals surface area contributed by atoms with Gasteiger partial charge in [-0.05, 0) is 38.5 Å². The van der Waals surface area contributed by atoms with Gasteiger partial charge in [0.05, 0.1) is 17.5 Å². The molecule has 1 fully saturated rings. The van der Waals surface area contributed by atoms with Gasteiger partial charge in [-0.3, -0.25) is 0 Å². The van der Waals surface area contributed by atoms with E-state index in [-0.39, 0.29) is 17.3 Å². The first-order chi connectivity index (χ1) is 8.40. The van der Waals surface area contributed by atoms with Crippen LogP contribution >= 0.6 is 0 Å². The van der Waals surface area contributed by atoms with Gasteiger partial charge in [-0.25, -0.2) is 8.42 Å². The Balaban J connectivity index is 2.65. The summed E-state index contributed by atoms with van der Waals surface area (Å²) in [5.41, 5.74) is 0. The summed E-state index contributed by atoms with van der Waals surface area (Å²) in [5.74, 6) is 0.0509. The molecule has 0 aromatic carbocycles. The van der Waals surface area contributed by atoms with Crippen LogP contribution in [0.1, 0.15) is 46.0 Å². The van der Waals surface area contributed by atoms with Crippen LogP contribution in [0.3, 0.4) is 0 Å². The maximum Gasteiger partial charge on any atom is 0.150 e. The van der Waals surface area contributed by atoms with Crippen LogP contribution in [-0.2, 0) is 14.6 Å². The van der Waals surface area contributed by atoms with Gasteiger partial charge in [-0.2, -0.15) is 0 Å². The number of ether oxygens (including phenoxy) is 1. The van der Waals surface area contributed by atoms with E-state index in [9.17, 15) is 13.5 Å². The van der Waals surface area contributed by atoms with E-state index in [0.717, 1.165) is 25.7 Å². The molecule has 0 heterocycles. The van der Waals surface area contributed by atoms with E-state index in [1.165, 1.54) is 6.26 Å². The molecule has 0 bridgehead atoms. The third kappa shape index (κ3) is 4.21. The van der Waals surface area contributed by atoms with Crippen LogP contribution < -0.4 is 0 Å². The van der Waals surface area contributed by atoms with Crippen molar-refractivity contribution in [2.45, 2.75) is 63.4 Å². The maximum atomic E-state index is 11.6. The Morgan fingerprint density at radius 3 is 2.50 bits per heavy atom. The Kier molecular flexibility index (Phi) is 6.08. The van der Waals surface area contributed by atoms with E-state index in [0.29, 0.717) is 13.0 Å². The van der Waals surface area contributed by atoms with E-state index in [4.69, 9.17) is 4.74 Å². The fourth-order valence-electron chi connectivity index (χ4n) is 2.86. The molecule has 108 valence electrons. The van der Waals surface area contributed by atoms with Crippen LogP contribution in [0, 0.1) is 5.92 Å². The van der Waals surface area contributed by atoms with Crippen LogP contribution in [-0.4, -0.2) is 43.8 Å². The van der Waals surface area contributed by atoms with E-state index in [2.05, 4.69) is 0 Å². The van der Waals surface area contributed by atoms with Gasteiger partial charge in [0.1, 0.15) is 9.84 Å². The minimum Gasteiger partial charge on any atom is -0.390 e. The summed E-state index contributed by atoms with van der Waals surface area (Å²) in [6.45, 7) is 4.48. The monoisotopic (exact) mass is 278 g/mol. The van der Waals surface area contributed by atoms with Crippen molar-refractivity contribution in [3.8, 4) is 0 Å². The molecule has 0 aliphatic heterocycles. The molecule has 5 heteroatoms. The summed E-state index contributed by atoms with van der Waals surface area (Å²) in [6.07, 6.45) is 4.43. The molecule has 4 atom stereocenters. The van der Waals surface area contributed by atoms with Crippen molar-refractivity contribution in [3.63, 3.8) is 0 Å². The molecule has 4 nitrogen and oxygen atoms in total. The summed E-state index contributed by atoms with van der Waals surface area (Å²) in [5, 5.41) is 10.0. The van der Waals surface area contributed by atoms with Gasteiger partial charge in [0, 0.05) is 12.9 Å². The van der Waals surface area contributed by atoms with Gasteiger partial charge in [-0.1, -0.05) is 13.3 Å².